The summed E-state index contributed by atoms with van der Waals surface area (Å²) in [5, 5.41) is 4.36. The molecule has 0 N–H and O–H groups in total. The first-order valence-electron chi connectivity index (χ1n) is 11.4. The van der Waals surface area contributed by atoms with Gasteiger partial charge in [-0.25, -0.2) is 4.39 Å². The van der Waals surface area contributed by atoms with E-state index in [9.17, 15) is 9.18 Å². The number of ether oxygens (including phenoxy) is 1. The predicted octanol–water partition coefficient (Wildman–Crippen LogP) is 5.07. The minimum Gasteiger partial charge on any atom is -0.378 e. The highest BCUT2D eigenvalue weighted by molar-refractivity contribution is 5.94. The van der Waals surface area contributed by atoms with Gasteiger partial charge in [-0.15, -0.1) is 0 Å². The fraction of sp³-hybridized carbons (Fsp3) is 0.385. The Labute approximate surface area is 193 Å². The molecule has 1 atom stereocenters. The van der Waals surface area contributed by atoms with Crippen LogP contribution in [0, 0.1) is 12.7 Å². The first-order valence-corrected chi connectivity index (χ1v) is 11.4. The van der Waals surface area contributed by atoms with Crippen molar-refractivity contribution in [2.24, 2.45) is 0 Å². The summed E-state index contributed by atoms with van der Waals surface area (Å²) >= 11 is 0. The van der Waals surface area contributed by atoms with Crippen molar-refractivity contribution in [2.75, 3.05) is 31.2 Å². The highest BCUT2D eigenvalue weighted by atomic mass is 19.1. The van der Waals surface area contributed by atoms with E-state index in [4.69, 9.17) is 9.26 Å². The minimum atomic E-state index is -0.312. The minimum absolute atomic E-state index is 0.00677. The summed E-state index contributed by atoms with van der Waals surface area (Å²) in [7, 11) is 0. The highest BCUT2D eigenvalue weighted by Crippen LogP contribution is 2.34. The second-order valence-corrected chi connectivity index (χ2v) is 8.48. The number of hydrogen-bond acceptors (Lipinski definition) is 5. The third kappa shape index (κ3) is 5.09. The molecule has 4 rings (SSSR count). The molecule has 6 nitrogen and oxygen atoms in total. The zero-order valence-corrected chi connectivity index (χ0v) is 19.4. The monoisotopic (exact) mass is 451 g/mol. The zero-order valence-electron chi connectivity index (χ0n) is 19.4. The number of anilines is 1. The normalized spacial score (nSPS) is 14.8. The summed E-state index contributed by atoms with van der Waals surface area (Å²) in [4.78, 5) is 17.5. The van der Waals surface area contributed by atoms with Crippen LogP contribution in [-0.4, -0.2) is 48.3 Å². The molecule has 0 bridgehead atoms. The average molecular weight is 452 g/mol. The maximum absolute atomic E-state index is 13.6. The number of hydrogen-bond donors (Lipinski definition) is 0. The Morgan fingerprint density at radius 1 is 1.12 bits per heavy atom. The number of halogens is 1. The lowest BCUT2D eigenvalue weighted by Gasteiger charge is -2.31. The number of carbonyl (C=O) groups is 1. The first-order chi connectivity index (χ1) is 16.0. The Bertz CT molecular complexity index is 1070. The molecule has 3 aromatic rings. The molecule has 0 aliphatic carbocycles. The average Bonchev–Trinajstić information content (AvgIpc) is 3.26. The maximum atomic E-state index is 13.6. The number of amides is 1. The van der Waals surface area contributed by atoms with Crippen molar-refractivity contribution >= 4 is 11.8 Å². The Balaban J connectivity index is 1.74. The van der Waals surface area contributed by atoms with Crippen molar-refractivity contribution in [3.63, 3.8) is 0 Å². The van der Waals surface area contributed by atoms with Gasteiger partial charge in [0.25, 0.3) is 5.91 Å². The van der Waals surface area contributed by atoms with Gasteiger partial charge in [-0.3, -0.25) is 4.79 Å². The van der Waals surface area contributed by atoms with E-state index < -0.39 is 0 Å². The predicted molar refractivity (Wildman–Crippen MR) is 126 cm³/mol. The summed E-state index contributed by atoms with van der Waals surface area (Å²) in [5.74, 6) is 0.291. The maximum Gasteiger partial charge on any atom is 0.254 e. The lowest BCUT2D eigenvalue weighted by molar-refractivity contribution is 0.0671. The number of aromatic nitrogens is 1. The molecule has 1 fully saturated rings. The molecule has 0 radical (unpaired) electrons. The van der Waals surface area contributed by atoms with Gasteiger partial charge < -0.3 is 19.1 Å². The van der Waals surface area contributed by atoms with Gasteiger partial charge in [0, 0.05) is 30.3 Å². The van der Waals surface area contributed by atoms with Crippen LogP contribution in [0.2, 0.25) is 0 Å². The molecule has 33 heavy (non-hydrogen) atoms. The number of nitrogens with zero attached hydrogens (tertiary/aromatic N) is 3. The van der Waals surface area contributed by atoms with Crippen molar-refractivity contribution in [1.82, 2.24) is 10.1 Å². The molecule has 1 aromatic heterocycles. The largest absolute Gasteiger partial charge is 0.378 e. The number of morpholine rings is 1. The molecule has 1 unspecified atom stereocenters. The van der Waals surface area contributed by atoms with Crippen molar-refractivity contribution in [2.45, 2.75) is 39.8 Å². The van der Waals surface area contributed by atoms with Crippen molar-refractivity contribution in [3.8, 4) is 11.3 Å². The molecule has 1 aliphatic rings. The van der Waals surface area contributed by atoms with Gasteiger partial charge in [0.2, 0.25) is 5.88 Å². The Kier molecular flexibility index (Phi) is 7.08. The molecule has 7 heteroatoms. The smallest absolute Gasteiger partial charge is 0.254 e. The van der Waals surface area contributed by atoms with Crippen LogP contribution in [0.1, 0.15) is 41.8 Å². The highest BCUT2D eigenvalue weighted by Gasteiger charge is 2.29. The van der Waals surface area contributed by atoms with Gasteiger partial charge in [-0.05, 0) is 56.7 Å². The quantitative estimate of drug-likeness (QED) is 0.502. The summed E-state index contributed by atoms with van der Waals surface area (Å²) in [6.07, 6.45) is 0.807. The fourth-order valence-electron chi connectivity index (χ4n) is 3.97. The zero-order chi connectivity index (χ0) is 23.4. The van der Waals surface area contributed by atoms with Crippen LogP contribution in [0.4, 0.5) is 10.3 Å². The van der Waals surface area contributed by atoms with E-state index in [1.165, 1.54) is 12.1 Å². The van der Waals surface area contributed by atoms with Crippen LogP contribution in [0.5, 0.6) is 0 Å². The van der Waals surface area contributed by atoms with Crippen LogP contribution in [0.25, 0.3) is 11.3 Å². The van der Waals surface area contributed by atoms with Gasteiger partial charge in [0.15, 0.2) is 0 Å². The van der Waals surface area contributed by atoms with Crippen LogP contribution in [0.3, 0.4) is 0 Å². The first kappa shape index (κ1) is 23.0. The van der Waals surface area contributed by atoms with Gasteiger partial charge in [-0.1, -0.05) is 29.8 Å². The van der Waals surface area contributed by atoms with E-state index in [-0.39, 0.29) is 17.8 Å². The molecule has 0 saturated carbocycles. The molecular weight excluding hydrogens is 421 g/mol. The summed E-state index contributed by atoms with van der Waals surface area (Å²) in [6, 6.07) is 13.8. The Morgan fingerprint density at radius 3 is 2.42 bits per heavy atom. The Morgan fingerprint density at radius 2 is 1.79 bits per heavy atom. The third-order valence-electron chi connectivity index (χ3n) is 6.19. The van der Waals surface area contributed by atoms with E-state index in [0.29, 0.717) is 50.0 Å². The van der Waals surface area contributed by atoms with Crippen LogP contribution >= 0.6 is 0 Å². The molecule has 1 aliphatic heterocycles. The molecule has 1 amide bonds. The molecule has 2 aromatic carbocycles. The van der Waals surface area contributed by atoms with Crippen LogP contribution < -0.4 is 4.90 Å². The standard InChI is InChI=1S/C26H30FN3O3/c1-4-19(3)30(25(31)21-7-5-18(2)6-8-21)17-23-24(20-9-11-22(27)12-10-20)28-33-26(23)29-13-15-32-16-14-29/h5-12,19H,4,13-17H2,1-3H3. The van der Waals surface area contributed by atoms with Gasteiger partial charge >= 0.3 is 0 Å². The number of benzene rings is 2. The van der Waals surface area contributed by atoms with Crippen molar-refractivity contribution in [3.05, 3.63) is 71.0 Å². The topological polar surface area (TPSA) is 58.8 Å². The molecule has 174 valence electrons. The van der Waals surface area contributed by atoms with Crippen LogP contribution in [0.15, 0.2) is 53.1 Å². The van der Waals surface area contributed by atoms with Crippen LogP contribution in [-0.2, 0) is 11.3 Å². The molecule has 0 spiro atoms. The lowest BCUT2D eigenvalue weighted by atomic mass is 10.0. The number of rotatable bonds is 7. The van der Waals surface area contributed by atoms with Gasteiger partial charge in [0.05, 0.1) is 25.3 Å². The third-order valence-corrected chi connectivity index (χ3v) is 6.19. The number of carbonyl (C=O) groups excluding carboxylic acids is 1. The SMILES string of the molecule is CCC(C)N(Cc1c(-c2ccc(F)cc2)noc1N1CCOCC1)C(=O)c1ccc(C)cc1. The fourth-order valence-corrected chi connectivity index (χ4v) is 3.97. The number of aryl methyl sites for hydroxylation is 1. The van der Waals surface area contributed by atoms with Crippen molar-refractivity contribution in [1.29, 1.82) is 0 Å². The van der Waals surface area contributed by atoms with Crippen molar-refractivity contribution < 1.29 is 18.4 Å². The second kappa shape index (κ2) is 10.2. The summed E-state index contributed by atoms with van der Waals surface area (Å²) < 4.78 is 24.9. The lowest BCUT2D eigenvalue weighted by Crippen LogP contribution is -2.39. The van der Waals surface area contributed by atoms with Gasteiger partial charge in [0.1, 0.15) is 11.5 Å². The summed E-state index contributed by atoms with van der Waals surface area (Å²) in [6.45, 7) is 9.02. The van der Waals surface area contributed by atoms with E-state index in [0.717, 1.165) is 23.1 Å². The van der Waals surface area contributed by atoms with E-state index >= 15 is 0 Å². The van der Waals surface area contributed by atoms with E-state index in [1.807, 2.05) is 43.0 Å². The molecule has 2 heterocycles. The Hall–Kier alpha value is -3.19. The second-order valence-electron chi connectivity index (χ2n) is 8.48. The summed E-state index contributed by atoms with van der Waals surface area (Å²) in [5.41, 5.74) is 3.95. The molecule has 1 saturated heterocycles. The van der Waals surface area contributed by atoms with Gasteiger partial charge in [-0.2, -0.15) is 0 Å². The molecular formula is C26H30FN3O3. The van der Waals surface area contributed by atoms with E-state index in [1.54, 1.807) is 12.1 Å². The van der Waals surface area contributed by atoms with E-state index in [2.05, 4.69) is 17.0 Å².